The Labute approximate surface area is 116 Å². The van der Waals surface area contributed by atoms with Crippen LogP contribution in [0.1, 0.15) is 20.3 Å². The molecule has 20 heavy (non-hydrogen) atoms. The number of aryl methyl sites for hydroxylation is 1. The van der Waals surface area contributed by atoms with E-state index in [0.29, 0.717) is 23.4 Å². The van der Waals surface area contributed by atoms with Gasteiger partial charge in [-0.1, -0.05) is 13.8 Å². The van der Waals surface area contributed by atoms with Gasteiger partial charge >= 0.3 is 5.97 Å². The van der Waals surface area contributed by atoms with Crippen LogP contribution in [-0.4, -0.2) is 26.7 Å². The largest absolute Gasteiger partial charge is 0.480 e. The van der Waals surface area contributed by atoms with Crippen LogP contribution in [0.4, 0.5) is 10.3 Å². The second kappa shape index (κ2) is 5.48. The number of anilines is 1. The summed E-state index contributed by atoms with van der Waals surface area (Å²) < 4.78 is 14.9. The number of aliphatic carboxylic acids is 1. The van der Waals surface area contributed by atoms with E-state index in [9.17, 15) is 14.3 Å². The van der Waals surface area contributed by atoms with Gasteiger partial charge in [0.25, 0.3) is 0 Å². The molecule has 0 aliphatic carbocycles. The topological polar surface area (TPSA) is 67.2 Å². The van der Waals surface area contributed by atoms with Crippen molar-refractivity contribution in [2.24, 2.45) is 13.0 Å². The fourth-order valence-corrected chi connectivity index (χ4v) is 2.14. The molecule has 1 unspecified atom stereocenters. The molecule has 0 radical (unpaired) electrons. The number of carboxylic acids is 1. The van der Waals surface area contributed by atoms with Gasteiger partial charge in [0.05, 0.1) is 11.0 Å². The normalized spacial score (nSPS) is 12.8. The third kappa shape index (κ3) is 2.89. The van der Waals surface area contributed by atoms with E-state index in [1.165, 1.54) is 12.1 Å². The molecule has 0 aliphatic rings. The summed E-state index contributed by atoms with van der Waals surface area (Å²) in [5.41, 5.74) is 1.26. The van der Waals surface area contributed by atoms with Gasteiger partial charge in [0, 0.05) is 7.05 Å². The van der Waals surface area contributed by atoms with Gasteiger partial charge in [-0.3, -0.25) is 0 Å². The quantitative estimate of drug-likeness (QED) is 0.883. The number of rotatable bonds is 5. The van der Waals surface area contributed by atoms with Crippen LogP contribution in [0.15, 0.2) is 18.2 Å². The van der Waals surface area contributed by atoms with Crippen molar-refractivity contribution in [1.29, 1.82) is 0 Å². The zero-order chi connectivity index (χ0) is 14.9. The molecule has 0 aliphatic heterocycles. The van der Waals surface area contributed by atoms with E-state index < -0.39 is 12.0 Å². The van der Waals surface area contributed by atoms with Gasteiger partial charge in [-0.05, 0) is 30.5 Å². The lowest BCUT2D eigenvalue weighted by atomic mass is 10.0. The van der Waals surface area contributed by atoms with Gasteiger partial charge in [-0.2, -0.15) is 0 Å². The smallest absolute Gasteiger partial charge is 0.326 e. The summed E-state index contributed by atoms with van der Waals surface area (Å²) in [5, 5.41) is 12.2. The summed E-state index contributed by atoms with van der Waals surface area (Å²) >= 11 is 0. The summed E-state index contributed by atoms with van der Waals surface area (Å²) in [7, 11) is 1.73. The molecule has 6 heteroatoms. The number of nitrogens with zero attached hydrogens (tertiary/aromatic N) is 2. The number of halogens is 1. The minimum Gasteiger partial charge on any atom is -0.480 e. The molecular formula is C14H18FN3O2. The van der Waals surface area contributed by atoms with E-state index in [4.69, 9.17) is 0 Å². The Kier molecular flexibility index (Phi) is 3.92. The average Bonchev–Trinajstić information content (AvgIpc) is 2.65. The predicted molar refractivity (Wildman–Crippen MR) is 75.2 cm³/mol. The Balaban J connectivity index is 2.32. The zero-order valence-corrected chi connectivity index (χ0v) is 11.7. The lowest BCUT2D eigenvalue weighted by molar-refractivity contribution is -0.138. The first-order chi connectivity index (χ1) is 9.38. The Morgan fingerprint density at radius 2 is 2.20 bits per heavy atom. The zero-order valence-electron chi connectivity index (χ0n) is 11.7. The highest BCUT2D eigenvalue weighted by Crippen LogP contribution is 2.20. The van der Waals surface area contributed by atoms with Crippen molar-refractivity contribution in [3.05, 3.63) is 24.0 Å². The third-order valence-corrected chi connectivity index (χ3v) is 3.15. The highest BCUT2D eigenvalue weighted by Gasteiger charge is 2.21. The molecule has 2 aromatic rings. The minimum absolute atomic E-state index is 0.246. The number of aromatic nitrogens is 2. The standard InChI is InChI=1S/C14H18FN3O2/c1-8(2)6-11(13(19)20)17-14-16-10-5-4-9(15)7-12(10)18(14)3/h4-5,7-8,11H,6H2,1-3H3,(H,16,17)(H,19,20). The Hall–Kier alpha value is -2.11. The van der Waals surface area contributed by atoms with Crippen molar-refractivity contribution in [1.82, 2.24) is 9.55 Å². The lowest BCUT2D eigenvalue weighted by Crippen LogP contribution is -2.31. The van der Waals surface area contributed by atoms with Crippen molar-refractivity contribution in [2.75, 3.05) is 5.32 Å². The van der Waals surface area contributed by atoms with Crippen molar-refractivity contribution >= 4 is 23.0 Å². The molecule has 0 saturated carbocycles. The van der Waals surface area contributed by atoms with Crippen LogP contribution in [-0.2, 0) is 11.8 Å². The van der Waals surface area contributed by atoms with E-state index in [2.05, 4.69) is 10.3 Å². The second-order valence-electron chi connectivity index (χ2n) is 5.29. The van der Waals surface area contributed by atoms with Crippen LogP contribution < -0.4 is 5.32 Å². The minimum atomic E-state index is -0.920. The maximum atomic E-state index is 13.2. The summed E-state index contributed by atoms with van der Waals surface area (Å²) in [4.78, 5) is 15.6. The van der Waals surface area contributed by atoms with Crippen LogP contribution >= 0.6 is 0 Å². The van der Waals surface area contributed by atoms with Crippen molar-refractivity contribution < 1.29 is 14.3 Å². The monoisotopic (exact) mass is 279 g/mol. The number of hydrogen-bond donors (Lipinski definition) is 2. The predicted octanol–water partition coefficient (Wildman–Crippen LogP) is 2.62. The van der Waals surface area contributed by atoms with Crippen LogP contribution in [0.2, 0.25) is 0 Å². The number of carbonyl (C=O) groups is 1. The van der Waals surface area contributed by atoms with Crippen molar-refractivity contribution in [3.63, 3.8) is 0 Å². The van der Waals surface area contributed by atoms with E-state index in [-0.39, 0.29) is 11.7 Å². The molecule has 1 aromatic heterocycles. The Morgan fingerprint density at radius 3 is 2.80 bits per heavy atom. The molecule has 0 fully saturated rings. The van der Waals surface area contributed by atoms with Gasteiger partial charge in [-0.25, -0.2) is 14.2 Å². The fourth-order valence-electron chi connectivity index (χ4n) is 2.14. The van der Waals surface area contributed by atoms with E-state index in [1.807, 2.05) is 13.8 Å². The summed E-state index contributed by atoms with van der Waals surface area (Å²) in [6.45, 7) is 3.92. The van der Waals surface area contributed by atoms with E-state index >= 15 is 0 Å². The first kappa shape index (κ1) is 14.3. The van der Waals surface area contributed by atoms with E-state index in [0.717, 1.165) is 0 Å². The summed E-state index contributed by atoms with van der Waals surface area (Å²) in [5.74, 6) is -0.588. The molecule has 2 rings (SSSR count). The van der Waals surface area contributed by atoms with Gasteiger partial charge in [-0.15, -0.1) is 0 Å². The highest BCUT2D eigenvalue weighted by molar-refractivity contribution is 5.81. The number of benzene rings is 1. The third-order valence-electron chi connectivity index (χ3n) is 3.15. The molecule has 108 valence electrons. The molecule has 1 aromatic carbocycles. The molecule has 1 heterocycles. The molecule has 0 amide bonds. The maximum Gasteiger partial charge on any atom is 0.326 e. The first-order valence-electron chi connectivity index (χ1n) is 6.49. The number of imidazole rings is 1. The number of hydrogen-bond acceptors (Lipinski definition) is 3. The SMILES string of the molecule is CC(C)CC(Nc1nc2ccc(F)cc2n1C)C(=O)O. The van der Waals surface area contributed by atoms with Crippen LogP contribution in [0.3, 0.4) is 0 Å². The molecule has 2 N–H and O–H groups in total. The van der Waals surface area contributed by atoms with Crippen LogP contribution in [0, 0.1) is 11.7 Å². The van der Waals surface area contributed by atoms with Crippen LogP contribution in [0.5, 0.6) is 0 Å². The lowest BCUT2D eigenvalue weighted by Gasteiger charge is -2.16. The number of carboxylic acid groups (broad SMARTS) is 1. The van der Waals surface area contributed by atoms with Gasteiger partial charge in [0.1, 0.15) is 11.9 Å². The number of fused-ring (bicyclic) bond motifs is 1. The highest BCUT2D eigenvalue weighted by atomic mass is 19.1. The summed E-state index contributed by atoms with van der Waals surface area (Å²) in [6.07, 6.45) is 0.493. The molecule has 0 spiro atoms. The molecule has 0 bridgehead atoms. The molecule has 0 saturated heterocycles. The Bertz CT molecular complexity index is 637. The first-order valence-corrected chi connectivity index (χ1v) is 6.49. The fraction of sp³-hybridized carbons (Fsp3) is 0.429. The maximum absolute atomic E-state index is 13.2. The average molecular weight is 279 g/mol. The number of nitrogens with one attached hydrogen (secondary N) is 1. The van der Waals surface area contributed by atoms with Crippen molar-refractivity contribution in [2.45, 2.75) is 26.3 Å². The molecule has 5 nitrogen and oxygen atoms in total. The molecule has 1 atom stereocenters. The van der Waals surface area contributed by atoms with Crippen LogP contribution in [0.25, 0.3) is 11.0 Å². The van der Waals surface area contributed by atoms with Gasteiger partial charge in [0.2, 0.25) is 5.95 Å². The van der Waals surface area contributed by atoms with E-state index in [1.54, 1.807) is 17.7 Å². The second-order valence-corrected chi connectivity index (χ2v) is 5.29. The van der Waals surface area contributed by atoms with Gasteiger partial charge in [0.15, 0.2) is 0 Å². The molecular weight excluding hydrogens is 261 g/mol. The van der Waals surface area contributed by atoms with Crippen molar-refractivity contribution in [3.8, 4) is 0 Å². The van der Waals surface area contributed by atoms with Gasteiger partial charge < -0.3 is 15.0 Å². The Morgan fingerprint density at radius 1 is 1.50 bits per heavy atom. The summed E-state index contributed by atoms with van der Waals surface area (Å²) in [6, 6.07) is 3.58.